The zero-order valence-corrected chi connectivity index (χ0v) is 27.4. The normalized spacial score (nSPS) is 22.4. The van der Waals surface area contributed by atoms with Crippen LogP contribution in [-0.4, -0.2) is 80.1 Å². The lowest BCUT2D eigenvalue weighted by atomic mass is 10.0. The molecule has 2 aliphatic heterocycles. The molecule has 15 heteroatoms. The molecule has 9 nitrogen and oxygen atoms in total. The van der Waals surface area contributed by atoms with Crippen LogP contribution in [0.3, 0.4) is 0 Å². The number of nitrogens with zero attached hydrogens (tertiary/aromatic N) is 5. The van der Waals surface area contributed by atoms with E-state index in [0.717, 1.165) is 27.5 Å². The lowest BCUT2D eigenvalue weighted by molar-refractivity contribution is -0.200. The molecule has 2 amide bonds. The summed E-state index contributed by atoms with van der Waals surface area (Å²) in [6, 6.07) is 11.3. The Morgan fingerprint density at radius 3 is 2.06 bits per heavy atom. The third-order valence-electron chi connectivity index (χ3n) is 11.1. The summed E-state index contributed by atoms with van der Waals surface area (Å²) in [4.78, 5) is 44.8. The molecule has 4 fully saturated rings. The number of halogens is 6. The number of carbonyl (C=O) groups is 2. The highest BCUT2D eigenvalue weighted by atomic mass is 19.4. The lowest BCUT2D eigenvalue weighted by Gasteiger charge is -2.29. The molecule has 2 aromatic carbocycles. The average molecular weight is 712 g/mol. The number of H-pyrrole nitrogens is 1. The van der Waals surface area contributed by atoms with Gasteiger partial charge in [0.15, 0.2) is 0 Å². The molecule has 0 spiro atoms. The van der Waals surface area contributed by atoms with Crippen LogP contribution in [0, 0.1) is 16.7 Å². The maximum absolute atomic E-state index is 13.7. The highest BCUT2D eigenvalue weighted by molar-refractivity contribution is 5.90. The summed E-state index contributed by atoms with van der Waals surface area (Å²) in [5.74, 6) is -0.782. The van der Waals surface area contributed by atoms with Crippen LogP contribution in [0.25, 0.3) is 33.2 Å². The highest BCUT2D eigenvalue weighted by Crippen LogP contribution is 2.60. The number of hydrogen-bond donors (Lipinski definition) is 2. The van der Waals surface area contributed by atoms with Crippen molar-refractivity contribution in [1.29, 1.82) is 0 Å². The first kappa shape index (κ1) is 33.5. The number of benzene rings is 2. The van der Waals surface area contributed by atoms with Crippen LogP contribution in [0.1, 0.15) is 56.8 Å². The summed E-state index contributed by atoms with van der Waals surface area (Å²) in [7, 11) is 0. The first-order valence-electron chi connectivity index (χ1n) is 17.2. The van der Waals surface area contributed by atoms with Crippen molar-refractivity contribution in [2.24, 2.45) is 16.7 Å². The Morgan fingerprint density at radius 1 is 0.784 bits per heavy atom. The summed E-state index contributed by atoms with van der Waals surface area (Å²) < 4.78 is 81.2. The second kappa shape index (κ2) is 11.9. The van der Waals surface area contributed by atoms with Gasteiger partial charge in [0.05, 0.1) is 17.9 Å². The van der Waals surface area contributed by atoms with Crippen LogP contribution in [-0.2, 0) is 9.59 Å². The van der Waals surface area contributed by atoms with Gasteiger partial charge in [0.2, 0.25) is 17.8 Å². The third kappa shape index (κ3) is 5.87. The van der Waals surface area contributed by atoms with Crippen molar-refractivity contribution in [2.75, 3.05) is 31.5 Å². The predicted molar refractivity (Wildman–Crippen MR) is 175 cm³/mol. The number of fused-ring (bicyclic) bond motifs is 1. The van der Waals surface area contributed by atoms with Gasteiger partial charge in [-0.15, -0.1) is 0 Å². The summed E-state index contributed by atoms with van der Waals surface area (Å²) in [6.07, 6.45) is -2.86. The molecule has 4 heterocycles. The van der Waals surface area contributed by atoms with E-state index in [2.05, 4.69) is 25.3 Å². The van der Waals surface area contributed by atoms with Crippen LogP contribution in [0.5, 0.6) is 0 Å². The van der Waals surface area contributed by atoms with Gasteiger partial charge in [-0.1, -0.05) is 24.3 Å². The number of aromatic nitrogens is 4. The molecule has 0 bridgehead atoms. The molecular weight excluding hydrogens is 676 g/mol. The topological polar surface area (TPSA) is 107 Å². The van der Waals surface area contributed by atoms with E-state index in [-0.39, 0.29) is 44.7 Å². The van der Waals surface area contributed by atoms with E-state index >= 15 is 0 Å². The summed E-state index contributed by atoms with van der Waals surface area (Å²) in [5, 5.41) is 5.07. The Hall–Kier alpha value is -4.69. The smallest absolute Gasteiger partial charge is 0.354 e. The molecule has 51 heavy (non-hydrogen) atoms. The van der Waals surface area contributed by atoms with E-state index in [1.807, 2.05) is 36.4 Å². The van der Waals surface area contributed by atoms with Crippen molar-refractivity contribution in [3.63, 3.8) is 0 Å². The molecular formula is C36H35F6N7O2. The van der Waals surface area contributed by atoms with Crippen LogP contribution in [0.15, 0.2) is 55.0 Å². The summed E-state index contributed by atoms with van der Waals surface area (Å²) in [5.41, 5.74) is -1.20. The molecule has 2 N–H and O–H groups in total. The quantitative estimate of drug-likeness (QED) is 0.186. The minimum atomic E-state index is -4.55. The second-order valence-electron chi connectivity index (χ2n) is 14.4. The number of rotatable bonds is 8. The van der Waals surface area contributed by atoms with Gasteiger partial charge in [-0.25, -0.2) is 15.0 Å². The van der Waals surface area contributed by atoms with E-state index in [4.69, 9.17) is 0 Å². The molecule has 0 radical (unpaired) electrons. The van der Waals surface area contributed by atoms with E-state index in [1.165, 1.54) is 9.80 Å². The minimum absolute atomic E-state index is 0.000263. The monoisotopic (exact) mass is 711 g/mol. The Balaban J connectivity index is 0.893. The molecule has 2 aromatic heterocycles. The number of nitrogens with one attached hydrogen (secondary N) is 2. The van der Waals surface area contributed by atoms with Gasteiger partial charge in [-0.2, -0.15) is 26.3 Å². The first-order chi connectivity index (χ1) is 24.3. The maximum atomic E-state index is 13.7. The highest BCUT2D eigenvalue weighted by Gasteiger charge is 2.70. The standard InChI is InChI=1S/C36H35F6N7O2/c37-35(38,39)33(8-9-33)30(50)48-13-7-21(20-48)16-44-32-45-17-26(18-46-32)24-4-3-23-15-25(6-5-22(23)14-24)27-19-43-29(47-27)28-2-1-12-49(28)31(51)34(10-11-34)36(40,41)42/h3-6,14-15,17-19,21,28H,1-2,7-13,16,20H2,(H,43,47)(H,44,45,46)/t21-,28+/m1/s1. The SMILES string of the molecule is O=C(N1CC[C@H](CNc2ncc(-c3ccc4cc(-c5cnc([C@@H]6CCCN6C(=O)C6(C(F)(F)F)CC6)[nH]5)ccc4c3)cn2)C1)C1(C(F)(F)F)CC1. The van der Waals surface area contributed by atoms with E-state index in [1.54, 1.807) is 18.6 Å². The predicted octanol–water partition coefficient (Wildman–Crippen LogP) is 7.30. The fraction of sp³-hybridized carbons (Fsp3) is 0.472. The van der Waals surface area contributed by atoms with Gasteiger partial charge in [0.25, 0.3) is 0 Å². The lowest BCUT2D eigenvalue weighted by Crippen LogP contribution is -2.44. The van der Waals surface area contributed by atoms with Crippen molar-refractivity contribution in [3.8, 4) is 22.4 Å². The zero-order chi connectivity index (χ0) is 35.8. The largest absolute Gasteiger partial charge is 0.403 e. The minimum Gasteiger partial charge on any atom is -0.354 e. The van der Waals surface area contributed by atoms with Crippen molar-refractivity contribution in [1.82, 2.24) is 29.7 Å². The molecule has 268 valence electrons. The molecule has 4 aliphatic rings. The number of carbonyl (C=O) groups excluding carboxylic acids is 2. The number of hydrogen-bond acceptors (Lipinski definition) is 6. The number of aromatic amines is 1. The maximum Gasteiger partial charge on any atom is 0.403 e. The number of amides is 2. The number of imidazole rings is 1. The number of alkyl halides is 6. The van der Waals surface area contributed by atoms with E-state index in [9.17, 15) is 35.9 Å². The fourth-order valence-corrected chi connectivity index (χ4v) is 7.59. The van der Waals surface area contributed by atoms with E-state index in [0.29, 0.717) is 49.8 Å². The molecule has 2 aliphatic carbocycles. The molecule has 8 rings (SSSR count). The fourth-order valence-electron chi connectivity index (χ4n) is 7.59. The molecule has 2 atom stereocenters. The Morgan fingerprint density at radius 2 is 1.41 bits per heavy atom. The Kier molecular flexibility index (Phi) is 7.83. The van der Waals surface area contributed by atoms with Crippen molar-refractivity contribution in [3.05, 3.63) is 60.8 Å². The van der Waals surface area contributed by atoms with Crippen LogP contribution in [0.4, 0.5) is 32.3 Å². The molecule has 2 saturated carbocycles. The zero-order valence-electron chi connectivity index (χ0n) is 27.4. The average Bonchev–Trinajstić information content (AvgIpc) is 3.92. The van der Waals surface area contributed by atoms with Gasteiger partial charge >= 0.3 is 12.4 Å². The molecule has 4 aromatic rings. The van der Waals surface area contributed by atoms with Crippen molar-refractivity contribution >= 4 is 28.5 Å². The van der Waals surface area contributed by atoms with Gasteiger partial charge in [-0.05, 0) is 79.3 Å². The third-order valence-corrected chi connectivity index (χ3v) is 11.1. The van der Waals surface area contributed by atoms with Gasteiger partial charge in [0.1, 0.15) is 16.7 Å². The molecule has 2 saturated heterocycles. The van der Waals surface area contributed by atoms with Gasteiger partial charge in [-0.3, -0.25) is 9.59 Å². The van der Waals surface area contributed by atoms with Crippen LogP contribution < -0.4 is 5.32 Å². The van der Waals surface area contributed by atoms with Gasteiger partial charge < -0.3 is 20.1 Å². The summed E-state index contributed by atoms with van der Waals surface area (Å²) in [6.45, 7) is 1.30. The number of likely N-dealkylation sites (tertiary alicyclic amines) is 2. The van der Waals surface area contributed by atoms with Crippen molar-refractivity contribution in [2.45, 2.75) is 63.3 Å². The number of anilines is 1. The van der Waals surface area contributed by atoms with Crippen molar-refractivity contribution < 1.29 is 35.9 Å². The molecule has 0 unspecified atom stereocenters. The van der Waals surface area contributed by atoms with Crippen LogP contribution in [0.2, 0.25) is 0 Å². The Bertz CT molecular complexity index is 1980. The first-order valence-corrected chi connectivity index (χ1v) is 17.2. The second-order valence-corrected chi connectivity index (χ2v) is 14.4. The van der Waals surface area contributed by atoms with Crippen LogP contribution >= 0.6 is 0 Å². The summed E-state index contributed by atoms with van der Waals surface area (Å²) >= 11 is 0. The van der Waals surface area contributed by atoms with E-state index < -0.39 is 41.0 Å². The Labute approximate surface area is 288 Å². The van der Waals surface area contributed by atoms with Gasteiger partial charge in [0, 0.05) is 49.7 Å².